The predicted octanol–water partition coefficient (Wildman–Crippen LogP) is 1.53. The molecule has 2 rings (SSSR count). The molecule has 0 radical (unpaired) electrons. The van der Waals surface area contributed by atoms with Gasteiger partial charge in [-0.3, -0.25) is 0 Å². The normalized spacial score (nSPS) is 25.7. The minimum absolute atomic E-state index is 0.131. The summed E-state index contributed by atoms with van der Waals surface area (Å²) in [5.74, 6) is -0.864. The van der Waals surface area contributed by atoms with Gasteiger partial charge >= 0.3 is 0 Å². The van der Waals surface area contributed by atoms with Crippen LogP contribution in [0.25, 0.3) is 0 Å². The van der Waals surface area contributed by atoms with Gasteiger partial charge in [-0.2, -0.15) is 5.26 Å². The van der Waals surface area contributed by atoms with Crippen molar-refractivity contribution in [2.75, 3.05) is 6.61 Å². The first-order valence-electron chi connectivity index (χ1n) is 6.66. The lowest BCUT2D eigenvalue weighted by Crippen LogP contribution is -2.44. The van der Waals surface area contributed by atoms with Crippen molar-refractivity contribution in [3.63, 3.8) is 0 Å². The minimum Gasteiger partial charge on any atom is -0.396 e. The van der Waals surface area contributed by atoms with Crippen LogP contribution < -0.4 is 4.72 Å². The molecule has 7 heteroatoms. The molecule has 0 saturated heterocycles. The quantitative estimate of drug-likeness (QED) is 0.882. The van der Waals surface area contributed by atoms with Crippen LogP contribution in [-0.2, 0) is 10.0 Å². The van der Waals surface area contributed by atoms with E-state index >= 15 is 0 Å². The van der Waals surface area contributed by atoms with Gasteiger partial charge in [-0.15, -0.1) is 0 Å². The maximum atomic E-state index is 13.6. The van der Waals surface area contributed by atoms with Gasteiger partial charge < -0.3 is 5.11 Å². The lowest BCUT2D eigenvalue weighted by molar-refractivity contribution is 0.127. The van der Waals surface area contributed by atoms with Gasteiger partial charge in [0.25, 0.3) is 0 Å². The van der Waals surface area contributed by atoms with Crippen LogP contribution in [0.1, 0.15) is 31.7 Å². The summed E-state index contributed by atoms with van der Waals surface area (Å²) in [6.45, 7) is 1.68. The molecule has 0 amide bonds. The van der Waals surface area contributed by atoms with Crippen molar-refractivity contribution in [2.45, 2.75) is 37.1 Å². The lowest BCUT2D eigenvalue weighted by Gasteiger charge is -2.29. The summed E-state index contributed by atoms with van der Waals surface area (Å²) in [7, 11) is -4.01. The zero-order valence-corrected chi connectivity index (χ0v) is 12.5. The van der Waals surface area contributed by atoms with E-state index in [1.165, 1.54) is 12.1 Å². The molecule has 2 atom stereocenters. The summed E-state index contributed by atoms with van der Waals surface area (Å²) < 4.78 is 40.9. The van der Waals surface area contributed by atoms with Crippen molar-refractivity contribution in [3.8, 4) is 6.07 Å². The number of hydrogen-bond donors (Lipinski definition) is 2. The highest BCUT2D eigenvalue weighted by Gasteiger charge is 2.41. The van der Waals surface area contributed by atoms with E-state index in [4.69, 9.17) is 5.26 Å². The number of nitrogens with zero attached hydrogens (tertiary/aromatic N) is 1. The Balaban J connectivity index is 2.37. The molecule has 114 valence electrons. The SMILES string of the molecule is C[C@@]1(CO)CCC[C@@H]1NS(=O)(=O)c1cccc(F)c1C#N. The molecular weight excluding hydrogens is 295 g/mol. The van der Waals surface area contributed by atoms with Crippen LogP contribution in [0.3, 0.4) is 0 Å². The summed E-state index contributed by atoms with van der Waals surface area (Å²) in [4.78, 5) is -0.364. The van der Waals surface area contributed by atoms with Crippen molar-refractivity contribution in [2.24, 2.45) is 5.41 Å². The molecule has 1 aromatic carbocycles. The van der Waals surface area contributed by atoms with Crippen molar-refractivity contribution in [1.82, 2.24) is 4.72 Å². The predicted molar refractivity (Wildman–Crippen MR) is 74.3 cm³/mol. The van der Waals surface area contributed by atoms with Gasteiger partial charge in [-0.25, -0.2) is 17.5 Å². The average molecular weight is 312 g/mol. The van der Waals surface area contributed by atoms with Gasteiger partial charge in [0.15, 0.2) is 0 Å². The second kappa shape index (κ2) is 5.72. The third-order valence-corrected chi connectivity index (χ3v) is 5.63. The molecule has 0 aliphatic heterocycles. The van der Waals surface area contributed by atoms with Crippen molar-refractivity contribution < 1.29 is 17.9 Å². The molecule has 1 aliphatic carbocycles. The van der Waals surface area contributed by atoms with Crippen molar-refractivity contribution >= 4 is 10.0 Å². The van der Waals surface area contributed by atoms with Crippen LogP contribution in [0, 0.1) is 22.6 Å². The zero-order valence-electron chi connectivity index (χ0n) is 11.6. The van der Waals surface area contributed by atoms with Gasteiger partial charge in [-0.1, -0.05) is 19.4 Å². The Hall–Kier alpha value is -1.49. The number of sulfonamides is 1. The fourth-order valence-corrected chi connectivity index (χ4v) is 4.28. The molecule has 5 nitrogen and oxygen atoms in total. The third kappa shape index (κ3) is 2.93. The maximum absolute atomic E-state index is 13.6. The number of nitriles is 1. The Kier molecular flexibility index (Phi) is 4.33. The summed E-state index contributed by atoms with van der Waals surface area (Å²) in [6.07, 6.45) is 2.12. The molecular formula is C14H17FN2O3S. The number of aliphatic hydroxyl groups excluding tert-OH is 1. The molecule has 21 heavy (non-hydrogen) atoms. The van der Waals surface area contributed by atoms with Crippen LogP contribution in [0.4, 0.5) is 4.39 Å². The van der Waals surface area contributed by atoms with E-state index in [0.717, 1.165) is 12.5 Å². The first kappa shape index (κ1) is 15.9. The Morgan fingerprint density at radius 1 is 1.57 bits per heavy atom. The summed E-state index contributed by atoms with van der Waals surface area (Å²) >= 11 is 0. The first-order valence-corrected chi connectivity index (χ1v) is 8.14. The monoisotopic (exact) mass is 312 g/mol. The maximum Gasteiger partial charge on any atom is 0.242 e. The Labute approximate surface area is 123 Å². The molecule has 0 unspecified atom stereocenters. The highest BCUT2D eigenvalue weighted by molar-refractivity contribution is 7.89. The van der Waals surface area contributed by atoms with E-state index in [-0.39, 0.29) is 11.5 Å². The molecule has 0 aromatic heterocycles. The number of hydrogen-bond acceptors (Lipinski definition) is 4. The molecule has 1 aliphatic rings. The number of rotatable bonds is 4. The Bertz CT molecular complexity index is 684. The van der Waals surface area contributed by atoms with E-state index in [1.54, 1.807) is 6.07 Å². The van der Waals surface area contributed by atoms with Crippen molar-refractivity contribution in [3.05, 3.63) is 29.6 Å². The topological polar surface area (TPSA) is 90.2 Å². The van der Waals surface area contributed by atoms with Gasteiger partial charge in [0, 0.05) is 18.1 Å². The molecule has 0 heterocycles. The van der Waals surface area contributed by atoms with Crippen molar-refractivity contribution in [1.29, 1.82) is 5.26 Å². The standard InChI is InChI=1S/C14H17FN2O3S/c1-14(9-18)7-3-6-13(14)17-21(19,20)12-5-2-4-11(15)10(12)8-16/h2,4-5,13,17-18H,3,6-7,9H2,1H3/t13-,14-/m0/s1. The van der Waals surface area contributed by atoms with E-state index in [9.17, 15) is 17.9 Å². The van der Waals surface area contributed by atoms with Gasteiger partial charge in [0.2, 0.25) is 10.0 Å². The Morgan fingerprint density at radius 2 is 2.29 bits per heavy atom. The largest absolute Gasteiger partial charge is 0.396 e. The first-order chi connectivity index (χ1) is 9.84. The fraction of sp³-hybridized carbons (Fsp3) is 0.500. The van der Waals surface area contributed by atoms with E-state index in [0.29, 0.717) is 12.8 Å². The van der Waals surface area contributed by atoms with Crippen LogP contribution in [0.15, 0.2) is 23.1 Å². The number of nitrogens with one attached hydrogen (secondary N) is 1. The molecule has 1 aromatic rings. The number of benzene rings is 1. The van der Waals surface area contributed by atoms with Gasteiger partial charge in [0.05, 0.1) is 0 Å². The zero-order chi connectivity index (χ0) is 15.7. The van der Waals surface area contributed by atoms with E-state index in [1.807, 2.05) is 6.92 Å². The molecule has 2 N–H and O–H groups in total. The molecule has 1 fully saturated rings. The molecule has 1 saturated carbocycles. The third-order valence-electron chi connectivity index (χ3n) is 4.12. The van der Waals surface area contributed by atoms with E-state index in [2.05, 4.69) is 4.72 Å². The van der Waals surface area contributed by atoms with Crippen LogP contribution in [0.2, 0.25) is 0 Å². The van der Waals surface area contributed by atoms with Crippen LogP contribution in [0.5, 0.6) is 0 Å². The fourth-order valence-electron chi connectivity index (χ4n) is 2.71. The second-order valence-electron chi connectivity index (χ2n) is 5.60. The highest BCUT2D eigenvalue weighted by Crippen LogP contribution is 2.38. The number of aliphatic hydroxyl groups is 1. The minimum atomic E-state index is -4.01. The summed E-state index contributed by atoms with van der Waals surface area (Å²) in [5, 5.41) is 18.4. The highest BCUT2D eigenvalue weighted by atomic mass is 32.2. The second-order valence-corrected chi connectivity index (χ2v) is 7.29. The lowest BCUT2D eigenvalue weighted by atomic mass is 9.86. The Morgan fingerprint density at radius 3 is 2.90 bits per heavy atom. The summed E-state index contributed by atoms with van der Waals surface area (Å²) in [6, 6.07) is 4.66. The summed E-state index contributed by atoms with van der Waals surface area (Å²) in [5.41, 5.74) is -1.03. The molecule has 0 spiro atoms. The average Bonchev–Trinajstić information content (AvgIpc) is 2.80. The van der Waals surface area contributed by atoms with Crippen LogP contribution >= 0.6 is 0 Å². The van der Waals surface area contributed by atoms with E-state index < -0.39 is 32.9 Å². The van der Waals surface area contributed by atoms with Crippen LogP contribution in [-0.4, -0.2) is 26.2 Å². The number of halogens is 1. The van der Waals surface area contributed by atoms with Gasteiger partial charge in [-0.05, 0) is 25.0 Å². The molecule has 0 bridgehead atoms. The van der Waals surface area contributed by atoms with Gasteiger partial charge in [0.1, 0.15) is 22.3 Å². The smallest absolute Gasteiger partial charge is 0.242 e.